The van der Waals surface area contributed by atoms with E-state index in [0.717, 1.165) is 38.0 Å². The Hall–Kier alpha value is -0.320. The summed E-state index contributed by atoms with van der Waals surface area (Å²) >= 11 is 12.4. The molecule has 2 unspecified atom stereocenters. The molecule has 3 nitrogen and oxygen atoms in total. The number of hydrazine groups is 1. The topological polar surface area (TPSA) is 47.3 Å². The maximum atomic E-state index is 6.19. The summed E-state index contributed by atoms with van der Waals surface area (Å²) in [6.07, 6.45) is 2.93. The fourth-order valence-corrected chi connectivity index (χ4v) is 2.94. The molecule has 5 heteroatoms. The van der Waals surface area contributed by atoms with E-state index in [4.69, 9.17) is 33.8 Å². The van der Waals surface area contributed by atoms with Gasteiger partial charge in [0, 0.05) is 22.7 Å². The molecule has 0 bridgehead atoms. The lowest BCUT2D eigenvalue weighted by Crippen LogP contribution is -2.45. The number of nitrogens with one attached hydrogen (secondary N) is 1. The van der Waals surface area contributed by atoms with Crippen molar-refractivity contribution in [2.24, 2.45) is 11.8 Å². The minimum atomic E-state index is 0.141. The molecule has 1 aromatic rings. The first kappa shape index (κ1) is 14.1. The van der Waals surface area contributed by atoms with Gasteiger partial charge in [-0.15, -0.1) is 0 Å². The predicted molar refractivity (Wildman–Crippen MR) is 74.8 cm³/mol. The number of halogens is 2. The summed E-state index contributed by atoms with van der Waals surface area (Å²) in [5.41, 5.74) is 3.83. The lowest BCUT2D eigenvalue weighted by atomic mass is 9.89. The van der Waals surface area contributed by atoms with Gasteiger partial charge in [-0.05, 0) is 42.9 Å². The largest absolute Gasteiger partial charge is 0.381 e. The first-order valence-electron chi connectivity index (χ1n) is 6.19. The zero-order valence-corrected chi connectivity index (χ0v) is 11.7. The van der Waals surface area contributed by atoms with E-state index < -0.39 is 0 Å². The first-order valence-corrected chi connectivity index (χ1v) is 6.94. The average molecular weight is 289 g/mol. The van der Waals surface area contributed by atoms with Gasteiger partial charge in [-0.25, -0.2) is 0 Å². The molecular formula is C13H18Cl2N2O. The maximum Gasteiger partial charge on any atom is 0.0509 e. The second-order valence-corrected chi connectivity index (χ2v) is 5.47. The summed E-state index contributed by atoms with van der Waals surface area (Å²) in [7, 11) is 0. The summed E-state index contributed by atoms with van der Waals surface area (Å²) in [5.74, 6) is 6.07. The normalized spacial score (nSPS) is 21.8. The fraction of sp³-hybridized carbons (Fsp3) is 0.538. The third-order valence-electron chi connectivity index (χ3n) is 3.46. The summed E-state index contributed by atoms with van der Waals surface area (Å²) in [5, 5.41) is 1.39. The van der Waals surface area contributed by atoms with Crippen LogP contribution in [0.3, 0.4) is 0 Å². The van der Waals surface area contributed by atoms with Gasteiger partial charge in [-0.2, -0.15) is 0 Å². The Bertz CT molecular complexity index is 374. The second-order valence-electron chi connectivity index (χ2n) is 4.65. The molecule has 100 valence electrons. The van der Waals surface area contributed by atoms with Crippen molar-refractivity contribution in [1.82, 2.24) is 5.43 Å². The summed E-state index contributed by atoms with van der Waals surface area (Å²) in [6.45, 7) is 1.59. The third kappa shape index (κ3) is 3.37. The van der Waals surface area contributed by atoms with Crippen molar-refractivity contribution < 1.29 is 4.74 Å². The number of hydrogen-bond donors (Lipinski definition) is 2. The Balaban J connectivity index is 2.09. The SMILES string of the molecule is NNC(Cc1c(Cl)cccc1Cl)C1CCCOC1. The highest BCUT2D eigenvalue weighted by atomic mass is 35.5. The van der Waals surface area contributed by atoms with E-state index in [1.807, 2.05) is 18.2 Å². The van der Waals surface area contributed by atoms with Crippen LogP contribution in [0, 0.1) is 5.92 Å². The standard InChI is InChI=1S/C13H18Cl2N2O/c14-11-4-1-5-12(15)10(11)7-13(17-16)9-3-2-6-18-8-9/h1,4-5,9,13,17H,2-3,6-8,16H2. The van der Waals surface area contributed by atoms with Crippen molar-refractivity contribution in [3.05, 3.63) is 33.8 Å². The highest BCUT2D eigenvalue weighted by molar-refractivity contribution is 6.36. The Labute approximate surface area is 118 Å². The zero-order chi connectivity index (χ0) is 13.0. The van der Waals surface area contributed by atoms with Gasteiger partial charge >= 0.3 is 0 Å². The quantitative estimate of drug-likeness (QED) is 0.662. The van der Waals surface area contributed by atoms with Crippen molar-refractivity contribution >= 4 is 23.2 Å². The van der Waals surface area contributed by atoms with E-state index in [9.17, 15) is 0 Å². The van der Waals surface area contributed by atoms with Crippen LogP contribution >= 0.6 is 23.2 Å². The molecule has 0 aliphatic carbocycles. The maximum absolute atomic E-state index is 6.19. The van der Waals surface area contributed by atoms with E-state index in [-0.39, 0.29) is 6.04 Å². The van der Waals surface area contributed by atoms with Crippen LogP contribution < -0.4 is 11.3 Å². The monoisotopic (exact) mass is 288 g/mol. The van der Waals surface area contributed by atoms with Gasteiger partial charge < -0.3 is 4.74 Å². The van der Waals surface area contributed by atoms with Crippen LogP contribution in [0.1, 0.15) is 18.4 Å². The van der Waals surface area contributed by atoms with E-state index in [0.29, 0.717) is 16.0 Å². The van der Waals surface area contributed by atoms with Crippen molar-refractivity contribution in [1.29, 1.82) is 0 Å². The molecule has 0 saturated carbocycles. The Morgan fingerprint density at radius 2 is 2.11 bits per heavy atom. The fourth-order valence-electron chi connectivity index (χ4n) is 2.39. The number of rotatable bonds is 4. The van der Waals surface area contributed by atoms with Crippen LogP contribution in [0.25, 0.3) is 0 Å². The highest BCUT2D eigenvalue weighted by Crippen LogP contribution is 2.28. The minimum Gasteiger partial charge on any atom is -0.381 e. The lowest BCUT2D eigenvalue weighted by molar-refractivity contribution is 0.0393. The summed E-state index contributed by atoms with van der Waals surface area (Å²) in [6, 6.07) is 5.70. The number of nitrogens with two attached hydrogens (primary N) is 1. The number of hydrogen-bond acceptors (Lipinski definition) is 3. The van der Waals surface area contributed by atoms with Gasteiger partial charge in [-0.3, -0.25) is 11.3 Å². The van der Waals surface area contributed by atoms with E-state index in [1.54, 1.807) is 0 Å². The van der Waals surface area contributed by atoms with Crippen molar-refractivity contribution in [2.45, 2.75) is 25.3 Å². The van der Waals surface area contributed by atoms with E-state index in [2.05, 4.69) is 5.43 Å². The molecule has 1 aliphatic rings. The molecule has 1 saturated heterocycles. The molecular weight excluding hydrogens is 271 g/mol. The van der Waals surface area contributed by atoms with Crippen LogP contribution in [0.4, 0.5) is 0 Å². The molecule has 3 N–H and O–H groups in total. The van der Waals surface area contributed by atoms with Gasteiger partial charge in [0.05, 0.1) is 6.61 Å². The molecule has 2 atom stereocenters. The van der Waals surface area contributed by atoms with Gasteiger partial charge in [0.1, 0.15) is 0 Å². The Morgan fingerprint density at radius 1 is 1.39 bits per heavy atom. The molecule has 0 spiro atoms. The molecule has 1 heterocycles. The van der Waals surface area contributed by atoms with E-state index in [1.165, 1.54) is 0 Å². The molecule has 1 aromatic carbocycles. The smallest absolute Gasteiger partial charge is 0.0509 e. The lowest BCUT2D eigenvalue weighted by Gasteiger charge is -2.30. The van der Waals surface area contributed by atoms with Gasteiger partial charge in [0.15, 0.2) is 0 Å². The summed E-state index contributed by atoms with van der Waals surface area (Å²) in [4.78, 5) is 0. The van der Waals surface area contributed by atoms with Crippen LogP contribution in [0.2, 0.25) is 10.0 Å². The summed E-state index contributed by atoms with van der Waals surface area (Å²) < 4.78 is 5.50. The minimum absolute atomic E-state index is 0.141. The van der Waals surface area contributed by atoms with Gasteiger partial charge in [0.2, 0.25) is 0 Å². The van der Waals surface area contributed by atoms with Gasteiger partial charge in [-0.1, -0.05) is 29.3 Å². The molecule has 0 radical (unpaired) electrons. The molecule has 2 rings (SSSR count). The first-order chi connectivity index (χ1) is 8.72. The van der Waals surface area contributed by atoms with Crippen LogP contribution in [0.15, 0.2) is 18.2 Å². The molecule has 0 amide bonds. The zero-order valence-electron chi connectivity index (χ0n) is 10.2. The van der Waals surface area contributed by atoms with Crippen LogP contribution in [-0.2, 0) is 11.2 Å². The van der Waals surface area contributed by atoms with Crippen molar-refractivity contribution in [2.75, 3.05) is 13.2 Å². The highest BCUT2D eigenvalue weighted by Gasteiger charge is 2.24. The molecule has 18 heavy (non-hydrogen) atoms. The average Bonchev–Trinajstić information content (AvgIpc) is 2.40. The van der Waals surface area contributed by atoms with Crippen LogP contribution in [-0.4, -0.2) is 19.3 Å². The third-order valence-corrected chi connectivity index (χ3v) is 4.17. The number of benzene rings is 1. The molecule has 1 fully saturated rings. The Morgan fingerprint density at radius 3 is 2.67 bits per heavy atom. The Kier molecular flexibility index (Phi) is 5.27. The van der Waals surface area contributed by atoms with E-state index >= 15 is 0 Å². The molecule has 1 aliphatic heterocycles. The van der Waals surface area contributed by atoms with Crippen LogP contribution in [0.5, 0.6) is 0 Å². The van der Waals surface area contributed by atoms with Crippen molar-refractivity contribution in [3.8, 4) is 0 Å². The molecule has 0 aromatic heterocycles. The second kappa shape index (κ2) is 6.73. The van der Waals surface area contributed by atoms with Crippen molar-refractivity contribution in [3.63, 3.8) is 0 Å². The van der Waals surface area contributed by atoms with Gasteiger partial charge in [0.25, 0.3) is 0 Å². The predicted octanol–water partition coefficient (Wildman–Crippen LogP) is 2.79. The number of ether oxygens (including phenoxy) is 1.